The summed E-state index contributed by atoms with van der Waals surface area (Å²) in [6.07, 6.45) is -4.07. The summed E-state index contributed by atoms with van der Waals surface area (Å²) in [6, 6.07) is 0. The van der Waals surface area contributed by atoms with Crippen molar-refractivity contribution in [3.05, 3.63) is 11.1 Å². The zero-order valence-electron chi connectivity index (χ0n) is 23.9. The van der Waals surface area contributed by atoms with Crippen LogP contribution in [0.25, 0.3) is 0 Å². The first kappa shape index (κ1) is 33.6. The van der Waals surface area contributed by atoms with Gasteiger partial charge in [-0.1, -0.05) is 11.1 Å². The molecule has 0 aromatic carbocycles. The smallest absolute Gasteiger partial charge is 0.305 e. The van der Waals surface area contributed by atoms with Gasteiger partial charge < -0.3 is 28.4 Å². The summed E-state index contributed by atoms with van der Waals surface area (Å²) in [6.45, 7) is 9.03. The van der Waals surface area contributed by atoms with Crippen LogP contribution in [0.1, 0.15) is 74.1 Å². The van der Waals surface area contributed by atoms with Gasteiger partial charge in [0.05, 0.1) is 7.11 Å². The van der Waals surface area contributed by atoms with Crippen LogP contribution in [0.3, 0.4) is 0 Å². The predicted octanol–water partition coefficient (Wildman–Crippen LogP) is 2.59. The van der Waals surface area contributed by atoms with E-state index in [0.717, 1.165) is 38.8 Å². The molecule has 0 bridgehead atoms. The summed E-state index contributed by atoms with van der Waals surface area (Å²) in [7, 11) is 1.29. The molecule has 0 N–H and O–H groups in total. The Kier molecular flexibility index (Phi) is 13.6. The Morgan fingerprint density at radius 2 is 1.23 bits per heavy atom. The quantitative estimate of drug-likeness (QED) is 0.186. The Balaban J connectivity index is 3.71. The van der Waals surface area contributed by atoms with Crippen LogP contribution < -0.4 is 0 Å². The van der Waals surface area contributed by atoms with Crippen LogP contribution in [0.4, 0.5) is 0 Å². The number of rotatable bonds is 13. The maximum Gasteiger partial charge on any atom is 0.305 e. The summed E-state index contributed by atoms with van der Waals surface area (Å²) in [5, 5.41) is 0. The third-order valence-electron chi connectivity index (χ3n) is 6.50. The van der Waals surface area contributed by atoms with Crippen LogP contribution in [0.5, 0.6) is 0 Å². The topological polar surface area (TPSA) is 158 Å². The normalized spacial score (nSPS) is 20.0. The molecule has 1 aliphatic rings. The van der Waals surface area contributed by atoms with Gasteiger partial charge in [-0.15, -0.1) is 0 Å². The molecule has 6 atom stereocenters. The zero-order valence-corrected chi connectivity index (χ0v) is 23.9. The molecule has 220 valence electrons. The summed E-state index contributed by atoms with van der Waals surface area (Å²) in [5.74, 6) is -4.88. The first-order chi connectivity index (χ1) is 18.2. The number of carbonyl (C=O) groups is 6. The van der Waals surface area contributed by atoms with Crippen LogP contribution >= 0.6 is 0 Å². The van der Waals surface area contributed by atoms with Crippen molar-refractivity contribution in [3.63, 3.8) is 0 Å². The van der Waals surface area contributed by atoms with E-state index < -0.39 is 72.8 Å². The van der Waals surface area contributed by atoms with Crippen LogP contribution in [-0.4, -0.2) is 73.9 Å². The average Bonchev–Trinajstić information content (AvgIpc) is 2.82. The zero-order chi connectivity index (χ0) is 29.9. The molecule has 0 spiro atoms. The average molecular weight is 557 g/mol. The van der Waals surface area contributed by atoms with Crippen molar-refractivity contribution in [1.82, 2.24) is 0 Å². The highest BCUT2D eigenvalue weighted by Gasteiger charge is 2.49. The van der Waals surface area contributed by atoms with E-state index in [2.05, 4.69) is 0 Å². The molecule has 12 nitrogen and oxygen atoms in total. The van der Waals surface area contributed by atoms with E-state index in [1.807, 2.05) is 13.8 Å². The molecule has 1 rings (SSSR count). The lowest BCUT2D eigenvalue weighted by Crippen LogP contribution is -2.56. The monoisotopic (exact) mass is 556 g/mol. The third-order valence-corrected chi connectivity index (χ3v) is 6.50. The highest BCUT2D eigenvalue weighted by atomic mass is 16.6. The summed E-state index contributed by atoms with van der Waals surface area (Å²) in [4.78, 5) is 72.3. The van der Waals surface area contributed by atoms with Gasteiger partial charge in [-0.05, 0) is 39.0 Å². The van der Waals surface area contributed by atoms with E-state index in [1.165, 1.54) is 14.0 Å². The maximum atomic E-state index is 12.3. The lowest BCUT2D eigenvalue weighted by atomic mass is 9.70. The van der Waals surface area contributed by atoms with Gasteiger partial charge in [0.25, 0.3) is 0 Å². The molecule has 0 aromatic heterocycles. The van der Waals surface area contributed by atoms with Gasteiger partial charge in [0.2, 0.25) is 0 Å². The molecule has 0 amide bonds. The number of methoxy groups -OCH3 is 1. The van der Waals surface area contributed by atoms with Gasteiger partial charge in [-0.3, -0.25) is 28.8 Å². The maximum absolute atomic E-state index is 12.3. The standard InChI is InChI=1S/C27H40O12/c1-14-11-21(9-10-24(33)34-8)22(12-15(14)2)25(37-18(5)30)27(39-20(7)32)26(38-19(6)31)23(36-17(4)29)13-35-16(3)28/h21-23,25-27H,9-13H2,1-8H3/t21-,22+,23+,25+,26+,27+/m0/s1. The Hall–Kier alpha value is -3.44. The molecular formula is C27H40O12. The minimum atomic E-state index is -1.51. The van der Waals surface area contributed by atoms with Crippen molar-refractivity contribution < 1.29 is 57.2 Å². The second-order valence-corrected chi connectivity index (χ2v) is 9.68. The lowest BCUT2D eigenvalue weighted by molar-refractivity contribution is -0.208. The fourth-order valence-electron chi connectivity index (χ4n) is 4.78. The lowest BCUT2D eigenvalue weighted by Gasteiger charge is -2.42. The van der Waals surface area contributed by atoms with Crippen LogP contribution in [-0.2, 0) is 57.2 Å². The van der Waals surface area contributed by atoms with Crippen molar-refractivity contribution in [2.75, 3.05) is 13.7 Å². The van der Waals surface area contributed by atoms with E-state index in [9.17, 15) is 28.8 Å². The van der Waals surface area contributed by atoms with Gasteiger partial charge in [0.15, 0.2) is 18.3 Å². The van der Waals surface area contributed by atoms with Crippen molar-refractivity contribution in [2.24, 2.45) is 11.8 Å². The first-order valence-corrected chi connectivity index (χ1v) is 12.7. The number of hydrogen-bond acceptors (Lipinski definition) is 12. The molecule has 0 saturated carbocycles. The molecule has 0 aromatic rings. The van der Waals surface area contributed by atoms with E-state index in [4.69, 9.17) is 28.4 Å². The van der Waals surface area contributed by atoms with Crippen LogP contribution in [0, 0.1) is 11.8 Å². The molecule has 0 radical (unpaired) electrons. The molecular weight excluding hydrogens is 516 g/mol. The highest BCUT2D eigenvalue weighted by Crippen LogP contribution is 2.42. The van der Waals surface area contributed by atoms with Gasteiger partial charge in [0.1, 0.15) is 12.7 Å². The number of ether oxygens (including phenoxy) is 6. The second kappa shape index (κ2) is 15.8. The SMILES string of the molecule is COC(=O)CC[C@H]1CC(C)=C(C)C[C@H]1[C@@H](OC(C)=O)[C@@H](OC(C)=O)[C@H](OC(C)=O)[C@@H](COC(C)=O)OC(C)=O. The number of hydrogen-bond donors (Lipinski definition) is 0. The van der Waals surface area contributed by atoms with Crippen LogP contribution in [0.2, 0.25) is 0 Å². The fraction of sp³-hybridized carbons (Fsp3) is 0.704. The summed E-state index contributed by atoms with van der Waals surface area (Å²) >= 11 is 0. The Morgan fingerprint density at radius 1 is 0.718 bits per heavy atom. The van der Waals surface area contributed by atoms with Crippen molar-refractivity contribution >= 4 is 35.8 Å². The number of carbonyl (C=O) groups excluding carboxylic acids is 6. The van der Waals surface area contributed by atoms with Gasteiger partial charge >= 0.3 is 35.8 Å². The number of esters is 6. The van der Waals surface area contributed by atoms with E-state index in [-0.39, 0.29) is 12.3 Å². The molecule has 0 aliphatic heterocycles. The van der Waals surface area contributed by atoms with Crippen molar-refractivity contribution in [1.29, 1.82) is 0 Å². The minimum absolute atomic E-state index is 0.102. The van der Waals surface area contributed by atoms with Crippen molar-refractivity contribution in [2.45, 2.75) is 98.6 Å². The summed E-state index contributed by atoms with van der Waals surface area (Å²) in [5.41, 5.74) is 2.13. The van der Waals surface area contributed by atoms with Gasteiger partial charge in [0, 0.05) is 47.0 Å². The summed E-state index contributed by atoms with van der Waals surface area (Å²) < 4.78 is 32.0. The molecule has 1 aliphatic carbocycles. The molecule has 0 unspecified atom stereocenters. The largest absolute Gasteiger partial charge is 0.469 e. The second-order valence-electron chi connectivity index (χ2n) is 9.68. The van der Waals surface area contributed by atoms with Gasteiger partial charge in [-0.2, -0.15) is 0 Å². The Morgan fingerprint density at radius 3 is 1.72 bits per heavy atom. The molecule has 0 saturated heterocycles. The molecule has 39 heavy (non-hydrogen) atoms. The van der Waals surface area contributed by atoms with Crippen LogP contribution in [0.15, 0.2) is 11.1 Å². The first-order valence-electron chi connectivity index (χ1n) is 12.7. The minimum Gasteiger partial charge on any atom is -0.469 e. The highest BCUT2D eigenvalue weighted by molar-refractivity contribution is 5.70. The Labute approximate surface area is 228 Å². The van der Waals surface area contributed by atoms with Crippen molar-refractivity contribution in [3.8, 4) is 0 Å². The number of allylic oxidation sites excluding steroid dienone is 2. The molecule has 12 heteroatoms. The predicted molar refractivity (Wildman–Crippen MR) is 135 cm³/mol. The Bertz CT molecular complexity index is 952. The van der Waals surface area contributed by atoms with E-state index >= 15 is 0 Å². The fourth-order valence-corrected chi connectivity index (χ4v) is 4.78. The molecule has 0 fully saturated rings. The molecule has 0 heterocycles. The van der Waals surface area contributed by atoms with E-state index in [1.54, 1.807) is 0 Å². The third kappa shape index (κ3) is 11.5. The van der Waals surface area contributed by atoms with E-state index in [0.29, 0.717) is 19.3 Å². The van der Waals surface area contributed by atoms with Gasteiger partial charge in [-0.25, -0.2) is 0 Å².